The first-order valence-corrected chi connectivity index (χ1v) is 8.75. The van der Waals surface area contributed by atoms with Crippen LogP contribution in [0.5, 0.6) is 0 Å². The van der Waals surface area contributed by atoms with Crippen molar-refractivity contribution in [2.24, 2.45) is 0 Å². The van der Waals surface area contributed by atoms with Gasteiger partial charge in [0, 0.05) is 12.2 Å². The van der Waals surface area contributed by atoms with Gasteiger partial charge in [-0.2, -0.15) is 0 Å². The Bertz CT molecular complexity index is 819. The van der Waals surface area contributed by atoms with E-state index in [1.54, 1.807) is 12.4 Å². The zero-order valence-electron chi connectivity index (χ0n) is 14.6. The van der Waals surface area contributed by atoms with Crippen molar-refractivity contribution in [3.05, 3.63) is 60.2 Å². The number of halogens is 1. The van der Waals surface area contributed by atoms with E-state index >= 15 is 0 Å². The Morgan fingerprint density at radius 1 is 1.08 bits per heavy atom. The van der Waals surface area contributed by atoms with E-state index in [1.807, 2.05) is 24.3 Å². The summed E-state index contributed by atoms with van der Waals surface area (Å²) in [7, 11) is 0. The molecular weight excluding hydrogens is 315 g/mol. The van der Waals surface area contributed by atoms with Crippen LogP contribution in [0.3, 0.4) is 0 Å². The van der Waals surface area contributed by atoms with Crippen LogP contribution in [0.4, 0.5) is 10.3 Å². The predicted molar refractivity (Wildman–Crippen MR) is 99.1 cm³/mol. The second kappa shape index (κ2) is 8.01. The molecule has 0 aliphatic rings. The highest BCUT2D eigenvalue weighted by atomic mass is 19.1. The molecule has 2 atom stereocenters. The third kappa shape index (κ3) is 4.50. The lowest BCUT2D eigenvalue weighted by Crippen LogP contribution is -2.23. The molecule has 2 heterocycles. The molecule has 0 saturated heterocycles. The van der Waals surface area contributed by atoms with E-state index in [-0.39, 0.29) is 11.9 Å². The van der Waals surface area contributed by atoms with E-state index < -0.39 is 0 Å². The van der Waals surface area contributed by atoms with Gasteiger partial charge in [0.1, 0.15) is 11.3 Å². The van der Waals surface area contributed by atoms with E-state index in [2.05, 4.69) is 34.1 Å². The summed E-state index contributed by atoms with van der Waals surface area (Å²) in [5.74, 6) is 0.759. The molecular formula is C20H23FN4. The van der Waals surface area contributed by atoms with Gasteiger partial charge >= 0.3 is 0 Å². The molecule has 0 spiro atoms. The lowest BCUT2D eigenvalue weighted by molar-refractivity contribution is 0.538. The number of nitrogens with zero attached hydrogens (tertiary/aromatic N) is 3. The highest BCUT2D eigenvalue weighted by Crippen LogP contribution is 2.24. The van der Waals surface area contributed by atoms with Crippen LogP contribution in [-0.4, -0.2) is 21.0 Å². The molecule has 3 aromatic rings. The number of rotatable bonds is 7. The molecule has 25 heavy (non-hydrogen) atoms. The van der Waals surface area contributed by atoms with E-state index in [4.69, 9.17) is 0 Å². The van der Waals surface area contributed by atoms with Crippen LogP contribution in [-0.2, 0) is 0 Å². The van der Waals surface area contributed by atoms with Gasteiger partial charge in [0.2, 0.25) is 5.95 Å². The number of hydrogen-bond donors (Lipinski definition) is 1. The molecule has 2 unspecified atom stereocenters. The number of benzene rings is 1. The summed E-state index contributed by atoms with van der Waals surface area (Å²) < 4.78 is 13.1. The molecule has 0 saturated carbocycles. The molecule has 0 aliphatic carbocycles. The molecule has 5 heteroatoms. The smallest absolute Gasteiger partial charge is 0.223 e. The Morgan fingerprint density at radius 2 is 1.88 bits per heavy atom. The Labute approximate surface area is 147 Å². The standard InChI is InChI=1S/C20H23FN4/c1-3-5-17(12-14(2)15-7-9-16(21)10-8-15)24-20-23-13-19-18(25-20)6-4-11-22-19/h4,6-11,13-14,17H,3,5,12H2,1-2H3,(H,23,24,25). The van der Waals surface area contributed by atoms with Crippen LogP contribution >= 0.6 is 0 Å². The second-order valence-corrected chi connectivity index (χ2v) is 6.42. The summed E-state index contributed by atoms with van der Waals surface area (Å²) >= 11 is 0. The minimum absolute atomic E-state index is 0.197. The van der Waals surface area contributed by atoms with Crippen LogP contribution in [0.25, 0.3) is 11.0 Å². The molecule has 4 nitrogen and oxygen atoms in total. The summed E-state index contributed by atoms with van der Waals surface area (Å²) in [5, 5.41) is 3.46. The maximum atomic E-state index is 13.1. The maximum Gasteiger partial charge on any atom is 0.223 e. The lowest BCUT2D eigenvalue weighted by Gasteiger charge is -2.22. The van der Waals surface area contributed by atoms with Crippen molar-refractivity contribution in [1.82, 2.24) is 15.0 Å². The molecule has 0 radical (unpaired) electrons. The van der Waals surface area contributed by atoms with Crippen molar-refractivity contribution in [2.45, 2.75) is 45.1 Å². The first-order chi connectivity index (χ1) is 12.2. The SMILES string of the molecule is CCCC(CC(C)c1ccc(F)cc1)Nc1ncc2ncccc2n1. The van der Waals surface area contributed by atoms with Gasteiger partial charge in [-0.3, -0.25) is 4.98 Å². The normalized spacial score (nSPS) is 13.6. The summed E-state index contributed by atoms with van der Waals surface area (Å²) in [4.78, 5) is 13.2. The largest absolute Gasteiger partial charge is 0.351 e. The summed E-state index contributed by atoms with van der Waals surface area (Å²) in [6, 6.07) is 10.8. The monoisotopic (exact) mass is 338 g/mol. The Balaban J connectivity index is 1.72. The minimum atomic E-state index is -0.197. The third-order valence-corrected chi connectivity index (χ3v) is 4.40. The number of pyridine rings is 1. The Kier molecular flexibility index (Phi) is 5.53. The summed E-state index contributed by atoms with van der Waals surface area (Å²) in [6.07, 6.45) is 6.52. The van der Waals surface area contributed by atoms with Crippen LogP contribution in [0.1, 0.15) is 44.6 Å². The molecule has 130 valence electrons. The van der Waals surface area contributed by atoms with Crippen LogP contribution in [0.2, 0.25) is 0 Å². The average Bonchev–Trinajstić information content (AvgIpc) is 2.62. The maximum absolute atomic E-state index is 13.1. The number of fused-ring (bicyclic) bond motifs is 1. The first kappa shape index (κ1) is 17.3. The van der Waals surface area contributed by atoms with Crippen molar-refractivity contribution < 1.29 is 4.39 Å². The number of aromatic nitrogens is 3. The Hall–Kier alpha value is -2.56. The van der Waals surface area contributed by atoms with Gasteiger partial charge in [-0.05, 0) is 48.6 Å². The van der Waals surface area contributed by atoms with Gasteiger partial charge in [-0.15, -0.1) is 0 Å². The van der Waals surface area contributed by atoms with Crippen molar-refractivity contribution >= 4 is 17.0 Å². The zero-order valence-corrected chi connectivity index (χ0v) is 14.6. The van der Waals surface area contributed by atoms with Crippen molar-refractivity contribution in [2.75, 3.05) is 5.32 Å². The van der Waals surface area contributed by atoms with Gasteiger partial charge in [0.15, 0.2) is 0 Å². The highest BCUT2D eigenvalue weighted by Gasteiger charge is 2.15. The minimum Gasteiger partial charge on any atom is -0.351 e. The molecule has 0 bridgehead atoms. The van der Waals surface area contributed by atoms with E-state index in [0.717, 1.165) is 35.9 Å². The molecule has 1 aromatic carbocycles. The summed E-state index contributed by atoms with van der Waals surface area (Å²) in [5.41, 5.74) is 2.77. The number of nitrogens with one attached hydrogen (secondary N) is 1. The van der Waals surface area contributed by atoms with Gasteiger partial charge < -0.3 is 5.32 Å². The lowest BCUT2D eigenvalue weighted by atomic mass is 9.92. The fourth-order valence-electron chi connectivity index (χ4n) is 3.07. The van der Waals surface area contributed by atoms with Gasteiger partial charge in [-0.1, -0.05) is 32.4 Å². The molecule has 0 amide bonds. The van der Waals surface area contributed by atoms with Crippen molar-refractivity contribution in [3.63, 3.8) is 0 Å². The molecule has 2 aromatic heterocycles. The van der Waals surface area contributed by atoms with Crippen molar-refractivity contribution in [3.8, 4) is 0 Å². The first-order valence-electron chi connectivity index (χ1n) is 8.75. The molecule has 3 rings (SSSR count). The van der Waals surface area contributed by atoms with Crippen LogP contribution < -0.4 is 5.32 Å². The summed E-state index contributed by atoms with van der Waals surface area (Å²) in [6.45, 7) is 4.34. The fourth-order valence-corrected chi connectivity index (χ4v) is 3.07. The second-order valence-electron chi connectivity index (χ2n) is 6.42. The average molecular weight is 338 g/mol. The topological polar surface area (TPSA) is 50.7 Å². The molecule has 0 aliphatic heterocycles. The zero-order chi connectivity index (χ0) is 17.6. The van der Waals surface area contributed by atoms with Gasteiger partial charge in [-0.25, -0.2) is 14.4 Å². The predicted octanol–water partition coefficient (Wildman–Crippen LogP) is 4.94. The van der Waals surface area contributed by atoms with Gasteiger partial charge in [0.25, 0.3) is 0 Å². The van der Waals surface area contributed by atoms with E-state index in [9.17, 15) is 4.39 Å². The van der Waals surface area contributed by atoms with Crippen molar-refractivity contribution in [1.29, 1.82) is 0 Å². The molecule has 1 N–H and O–H groups in total. The number of hydrogen-bond acceptors (Lipinski definition) is 4. The number of anilines is 1. The third-order valence-electron chi connectivity index (χ3n) is 4.40. The van der Waals surface area contributed by atoms with E-state index in [1.165, 1.54) is 12.1 Å². The van der Waals surface area contributed by atoms with Crippen LogP contribution in [0.15, 0.2) is 48.8 Å². The molecule has 0 fully saturated rings. The highest BCUT2D eigenvalue weighted by molar-refractivity contribution is 5.73. The Morgan fingerprint density at radius 3 is 2.64 bits per heavy atom. The van der Waals surface area contributed by atoms with Crippen LogP contribution in [0, 0.1) is 5.82 Å². The van der Waals surface area contributed by atoms with E-state index in [0.29, 0.717) is 11.9 Å². The van der Waals surface area contributed by atoms with Gasteiger partial charge in [0.05, 0.1) is 11.7 Å². The quantitative estimate of drug-likeness (QED) is 0.663. The fraction of sp³-hybridized carbons (Fsp3) is 0.350.